The van der Waals surface area contributed by atoms with E-state index >= 15 is 0 Å². The quantitative estimate of drug-likeness (QED) is 0.726. The Balaban J connectivity index is 1.63. The maximum absolute atomic E-state index is 12.8. The summed E-state index contributed by atoms with van der Waals surface area (Å²) in [6.45, 7) is 4.55. The molecule has 2 heterocycles. The zero-order valence-electron chi connectivity index (χ0n) is 14.6. The number of hydrogen-bond donors (Lipinski definition) is 0. The maximum atomic E-state index is 12.8. The fourth-order valence-corrected chi connectivity index (χ4v) is 3.48. The molecule has 4 rings (SSSR count). The predicted molar refractivity (Wildman–Crippen MR) is 99.8 cm³/mol. The van der Waals surface area contributed by atoms with Gasteiger partial charge in [-0.3, -0.25) is 9.48 Å². The van der Waals surface area contributed by atoms with Crippen molar-refractivity contribution in [2.45, 2.75) is 32.7 Å². The van der Waals surface area contributed by atoms with Crippen molar-refractivity contribution in [1.82, 2.24) is 14.7 Å². The number of aromatic nitrogens is 2. The van der Waals surface area contributed by atoms with Gasteiger partial charge in [-0.05, 0) is 43.9 Å². The van der Waals surface area contributed by atoms with Gasteiger partial charge in [-0.1, -0.05) is 35.9 Å². The summed E-state index contributed by atoms with van der Waals surface area (Å²) < 4.78 is 1.98. The zero-order chi connectivity index (χ0) is 17.2. The minimum absolute atomic E-state index is 0.143. The first-order valence-corrected chi connectivity index (χ1v) is 9.01. The number of nitrogens with zero attached hydrogens (tertiary/aromatic N) is 3. The van der Waals surface area contributed by atoms with Crippen molar-refractivity contribution >= 4 is 16.8 Å². The molecule has 4 heteroatoms. The van der Waals surface area contributed by atoms with E-state index in [4.69, 9.17) is 0 Å². The molecule has 1 aliphatic heterocycles. The summed E-state index contributed by atoms with van der Waals surface area (Å²) in [6.07, 6.45) is 5.32. The van der Waals surface area contributed by atoms with E-state index in [0.29, 0.717) is 6.54 Å². The lowest BCUT2D eigenvalue weighted by Gasteiger charge is -2.26. The van der Waals surface area contributed by atoms with E-state index in [9.17, 15) is 4.79 Å². The van der Waals surface area contributed by atoms with E-state index in [1.807, 2.05) is 34.0 Å². The minimum atomic E-state index is 0.143. The fourth-order valence-electron chi connectivity index (χ4n) is 3.48. The highest BCUT2D eigenvalue weighted by molar-refractivity contribution is 5.97. The van der Waals surface area contributed by atoms with Gasteiger partial charge in [0.05, 0.1) is 18.3 Å². The number of aryl methyl sites for hydroxylation is 1. The standard InChI is InChI=1S/C21H23N3O/c1-16-5-7-17(8-6-16)15-24-20-13-18(9-10-19(20)14-22-24)21(25)23-11-3-2-4-12-23/h5-10,13-14H,2-4,11-12,15H2,1H3. The predicted octanol–water partition coefficient (Wildman–Crippen LogP) is 4.02. The van der Waals surface area contributed by atoms with E-state index in [2.05, 4.69) is 36.3 Å². The first-order chi connectivity index (χ1) is 12.2. The first kappa shape index (κ1) is 15.9. The number of carbonyl (C=O) groups is 1. The number of piperidine rings is 1. The number of benzene rings is 2. The molecular formula is C21H23N3O. The zero-order valence-corrected chi connectivity index (χ0v) is 14.6. The van der Waals surface area contributed by atoms with Crippen molar-refractivity contribution in [3.8, 4) is 0 Å². The average Bonchev–Trinajstić information content (AvgIpc) is 3.06. The number of likely N-dealkylation sites (tertiary alicyclic amines) is 1. The van der Waals surface area contributed by atoms with Crippen LogP contribution in [0.1, 0.15) is 40.7 Å². The van der Waals surface area contributed by atoms with Crippen LogP contribution in [-0.4, -0.2) is 33.7 Å². The third-order valence-electron chi connectivity index (χ3n) is 4.99. The topological polar surface area (TPSA) is 38.1 Å². The summed E-state index contributed by atoms with van der Waals surface area (Å²) in [5.41, 5.74) is 4.25. The largest absolute Gasteiger partial charge is 0.339 e. The molecule has 1 fully saturated rings. The van der Waals surface area contributed by atoms with Crippen molar-refractivity contribution in [3.05, 3.63) is 65.4 Å². The second-order valence-corrected chi connectivity index (χ2v) is 6.91. The summed E-state index contributed by atoms with van der Waals surface area (Å²) >= 11 is 0. The summed E-state index contributed by atoms with van der Waals surface area (Å²) in [5, 5.41) is 5.59. The van der Waals surface area contributed by atoms with Crippen LogP contribution in [-0.2, 0) is 6.54 Å². The SMILES string of the molecule is Cc1ccc(Cn2ncc3ccc(C(=O)N4CCCCC4)cc32)cc1. The molecule has 1 aliphatic rings. The van der Waals surface area contributed by atoms with Gasteiger partial charge in [0.1, 0.15) is 0 Å². The molecule has 1 aromatic heterocycles. The molecule has 0 N–H and O–H groups in total. The van der Waals surface area contributed by atoms with Gasteiger partial charge in [-0.25, -0.2) is 0 Å². The van der Waals surface area contributed by atoms with Crippen molar-refractivity contribution in [3.63, 3.8) is 0 Å². The lowest BCUT2D eigenvalue weighted by molar-refractivity contribution is 0.0724. The number of hydrogen-bond acceptors (Lipinski definition) is 2. The third-order valence-corrected chi connectivity index (χ3v) is 4.99. The molecule has 0 unspecified atom stereocenters. The Morgan fingerprint density at radius 3 is 2.56 bits per heavy atom. The van der Waals surface area contributed by atoms with Gasteiger partial charge < -0.3 is 4.90 Å². The normalized spacial score (nSPS) is 14.8. The van der Waals surface area contributed by atoms with Crippen LogP contribution in [0.2, 0.25) is 0 Å². The molecule has 1 saturated heterocycles. The molecular weight excluding hydrogens is 310 g/mol. The molecule has 0 bridgehead atoms. The van der Waals surface area contributed by atoms with Gasteiger partial charge in [-0.15, -0.1) is 0 Å². The molecule has 3 aromatic rings. The monoisotopic (exact) mass is 333 g/mol. The Bertz CT molecular complexity index is 889. The molecule has 0 radical (unpaired) electrons. The van der Waals surface area contributed by atoms with Crippen LogP contribution in [0, 0.1) is 6.92 Å². The van der Waals surface area contributed by atoms with E-state index in [-0.39, 0.29) is 5.91 Å². The van der Waals surface area contributed by atoms with Gasteiger partial charge in [0.15, 0.2) is 0 Å². The second kappa shape index (κ2) is 6.71. The van der Waals surface area contributed by atoms with Gasteiger partial charge in [0, 0.05) is 24.0 Å². The third kappa shape index (κ3) is 3.29. The highest BCUT2D eigenvalue weighted by Crippen LogP contribution is 2.20. The van der Waals surface area contributed by atoms with Crippen molar-refractivity contribution in [1.29, 1.82) is 0 Å². The molecule has 0 spiro atoms. The van der Waals surface area contributed by atoms with Crippen molar-refractivity contribution in [2.75, 3.05) is 13.1 Å². The van der Waals surface area contributed by atoms with E-state index in [1.165, 1.54) is 17.5 Å². The molecule has 0 aliphatic carbocycles. The van der Waals surface area contributed by atoms with Crippen LogP contribution in [0.15, 0.2) is 48.7 Å². The number of carbonyl (C=O) groups excluding carboxylic acids is 1. The molecule has 0 atom stereocenters. The summed E-state index contributed by atoms with van der Waals surface area (Å²) in [5.74, 6) is 0.143. The molecule has 25 heavy (non-hydrogen) atoms. The minimum Gasteiger partial charge on any atom is -0.339 e. The number of amides is 1. The van der Waals surface area contributed by atoms with Crippen LogP contribution in [0.25, 0.3) is 10.9 Å². The Kier molecular flexibility index (Phi) is 4.26. The van der Waals surface area contributed by atoms with Gasteiger partial charge in [-0.2, -0.15) is 5.10 Å². The second-order valence-electron chi connectivity index (χ2n) is 6.91. The molecule has 1 amide bonds. The van der Waals surface area contributed by atoms with Gasteiger partial charge >= 0.3 is 0 Å². The van der Waals surface area contributed by atoms with Crippen LogP contribution < -0.4 is 0 Å². The van der Waals surface area contributed by atoms with Crippen LogP contribution >= 0.6 is 0 Å². The first-order valence-electron chi connectivity index (χ1n) is 9.01. The molecule has 2 aromatic carbocycles. The lowest BCUT2D eigenvalue weighted by Crippen LogP contribution is -2.35. The van der Waals surface area contributed by atoms with E-state index < -0.39 is 0 Å². The van der Waals surface area contributed by atoms with Crippen molar-refractivity contribution in [2.24, 2.45) is 0 Å². The van der Waals surface area contributed by atoms with Crippen LogP contribution in [0.5, 0.6) is 0 Å². The lowest BCUT2D eigenvalue weighted by atomic mass is 10.1. The maximum Gasteiger partial charge on any atom is 0.253 e. The van der Waals surface area contributed by atoms with Crippen LogP contribution in [0.3, 0.4) is 0 Å². The Morgan fingerprint density at radius 2 is 1.80 bits per heavy atom. The molecule has 128 valence electrons. The molecule has 4 nitrogen and oxygen atoms in total. The Morgan fingerprint density at radius 1 is 1.04 bits per heavy atom. The van der Waals surface area contributed by atoms with Gasteiger partial charge in [0.25, 0.3) is 5.91 Å². The van der Waals surface area contributed by atoms with Crippen molar-refractivity contribution < 1.29 is 4.79 Å². The number of rotatable bonds is 3. The van der Waals surface area contributed by atoms with E-state index in [0.717, 1.165) is 42.4 Å². The van der Waals surface area contributed by atoms with Gasteiger partial charge in [0.2, 0.25) is 0 Å². The summed E-state index contributed by atoms with van der Waals surface area (Å²) in [4.78, 5) is 14.7. The smallest absolute Gasteiger partial charge is 0.253 e. The summed E-state index contributed by atoms with van der Waals surface area (Å²) in [6, 6.07) is 14.4. The Hall–Kier alpha value is -2.62. The number of fused-ring (bicyclic) bond motifs is 1. The Labute approximate surface area is 148 Å². The molecule has 0 saturated carbocycles. The highest BCUT2D eigenvalue weighted by Gasteiger charge is 2.19. The summed E-state index contributed by atoms with van der Waals surface area (Å²) in [7, 11) is 0. The average molecular weight is 333 g/mol. The highest BCUT2D eigenvalue weighted by atomic mass is 16.2. The van der Waals surface area contributed by atoms with Crippen LogP contribution in [0.4, 0.5) is 0 Å². The van der Waals surface area contributed by atoms with E-state index in [1.54, 1.807) is 0 Å². The fraction of sp³-hybridized carbons (Fsp3) is 0.333.